The molecule has 0 bridgehead atoms. The van der Waals surface area contributed by atoms with Crippen LogP contribution in [0.15, 0.2) is 30.3 Å². The van der Waals surface area contributed by atoms with Crippen molar-refractivity contribution in [3.63, 3.8) is 0 Å². The van der Waals surface area contributed by atoms with Crippen molar-refractivity contribution in [2.45, 2.75) is 30.7 Å². The minimum absolute atomic E-state index is 0.0223. The molecule has 0 aliphatic carbocycles. The Morgan fingerprint density at radius 1 is 1.22 bits per heavy atom. The second-order valence-electron chi connectivity index (χ2n) is 6.53. The number of hydrogen-bond donors (Lipinski definition) is 0. The number of amides is 1. The lowest BCUT2D eigenvalue weighted by molar-refractivity contribution is -0.141. The number of carbonyl (C=O) groups is 1. The van der Waals surface area contributed by atoms with Gasteiger partial charge in [-0.15, -0.1) is 0 Å². The van der Waals surface area contributed by atoms with Crippen LogP contribution in [0.2, 0.25) is 0 Å². The van der Waals surface area contributed by atoms with E-state index in [1.807, 2.05) is 30.3 Å². The Morgan fingerprint density at radius 3 is 2.43 bits per heavy atom. The molecule has 2 saturated heterocycles. The number of likely N-dealkylation sites (N-methyl/N-ethyl adjacent to an activating group) is 1. The average molecular weight is 337 g/mol. The molecule has 0 spiro atoms. The van der Waals surface area contributed by atoms with Gasteiger partial charge in [-0.05, 0) is 24.8 Å². The van der Waals surface area contributed by atoms with Crippen molar-refractivity contribution in [1.82, 2.24) is 4.90 Å². The van der Waals surface area contributed by atoms with E-state index in [-0.39, 0.29) is 23.5 Å². The van der Waals surface area contributed by atoms with Gasteiger partial charge in [0.05, 0.1) is 16.9 Å². The number of rotatable bonds is 3. The first-order valence-corrected chi connectivity index (χ1v) is 9.88. The molecule has 6 heteroatoms. The summed E-state index contributed by atoms with van der Waals surface area (Å²) in [5.41, 5.74) is 0.404. The Balaban J connectivity index is 1.89. The predicted molar refractivity (Wildman–Crippen MR) is 88.0 cm³/mol. The van der Waals surface area contributed by atoms with E-state index in [4.69, 9.17) is 4.74 Å². The van der Waals surface area contributed by atoms with Crippen LogP contribution in [0.5, 0.6) is 0 Å². The molecule has 126 valence electrons. The number of benzene rings is 1. The van der Waals surface area contributed by atoms with Crippen LogP contribution in [-0.2, 0) is 24.8 Å². The number of hydrogen-bond acceptors (Lipinski definition) is 4. The van der Waals surface area contributed by atoms with Crippen LogP contribution in [0.3, 0.4) is 0 Å². The highest BCUT2D eigenvalue weighted by Crippen LogP contribution is 2.37. The van der Waals surface area contributed by atoms with Gasteiger partial charge in [0.25, 0.3) is 0 Å². The summed E-state index contributed by atoms with van der Waals surface area (Å²) in [6.45, 7) is 1.11. The lowest BCUT2D eigenvalue weighted by Crippen LogP contribution is -2.52. The first-order valence-electron chi connectivity index (χ1n) is 8.06. The van der Waals surface area contributed by atoms with Crippen molar-refractivity contribution in [2.75, 3.05) is 31.8 Å². The molecule has 23 heavy (non-hydrogen) atoms. The number of carbonyl (C=O) groups excluding carboxylic acids is 1. The van der Waals surface area contributed by atoms with Gasteiger partial charge in [-0.2, -0.15) is 0 Å². The largest absolute Gasteiger partial charge is 0.381 e. The highest BCUT2D eigenvalue weighted by molar-refractivity contribution is 7.91. The molecule has 5 nitrogen and oxygen atoms in total. The van der Waals surface area contributed by atoms with Crippen molar-refractivity contribution >= 4 is 15.7 Å². The van der Waals surface area contributed by atoms with Gasteiger partial charge in [-0.3, -0.25) is 4.79 Å². The highest BCUT2D eigenvalue weighted by atomic mass is 32.2. The lowest BCUT2D eigenvalue weighted by Gasteiger charge is -2.40. The molecule has 0 aromatic heterocycles. The predicted octanol–water partition coefficient (Wildman–Crippen LogP) is 1.38. The average Bonchev–Trinajstić information content (AvgIpc) is 2.95. The van der Waals surface area contributed by atoms with Crippen molar-refractivity contribution in [3.8, 4) is 0 Å². The van der Waals surface area contributed by atoms with Gasteiger partial charge in [-0.25, -0.2) is 8.42 Å². The summed E-state index contributed by atoms with van der Waals surface area (Å²) < 4.78 is 28.9. The quantitative estimate of drug-likeness (QED) is 0.836. The molecule has 1 aromatic rings. The molecule has 3 rings (SSSR count). The number of ether oxygens (including phenoxy) is 1. The third kappa shape index (κ3) is 3.15. The van der Waals surface area contributed by atoms with Gasteiger partial charge in [-0.1, -0.05) is 30.3 Å². The summed E-state index contributed by atoms with van der Waals surface area (Å²) in [7, 11) is -1.26. The fourth-order valence-corrected chi connectivity index (χ4v) is 5.46. The molecule has 1 aromatic carbocycles. The van der Waals surface area contributed by atoms with E-state index >= 15 is 0 Å². The molecule has 0 radical (unpaired) electrons. The first kappa shape index (κ1) is 16.5. The van der Waals surface area contributed by atoms with Crippen molar-refractivity contribution in [1.29, 1.82) is 0 Å². The van der Waals surface area contributed by atoms with Gasteiger partial charge in [0.1, 0.15) is 0 Å². The standard InChI is InChI=1S/C17H23NO4S/c1-18(15-7-12-23(20,21)13-15)16(19)17(8-10-22-11-9-17)14-5-3-2-4-6-14/h2-6,15H,7-13H2,1H3/t15-/m1/s1. The molecule has 1 amide bonds. The van der Waals surface area contributed by atoms with E-state index in [9.17, 15) is 13.2 Å². The number of sulfone groups is 1. The highest BCUT2D eigenvalue weighted by Gasteiger charge is 2.45. The third-order valence-corrected chi connectivity index (χ3v) is 6.91. The summed E-state index contributed by atoms with van der Waals surface area (Å²) in [6, 6.07) is 9.59. The SMILES string of the molecule is CN(C(=O)C1(c2ccccc2)CCOCC1)[C@@H]1CCS(=O)(=O)C1. The Bertz CT molecular complexity index is 665. The van der Waals surface area contributed by atoms with Crippen molar-refractivity contribution in [2.24, 2.45) is 0 Å². The van der Waals surface area contributed by atoms with Crippen LogP contribution in [0.25, 0.3) is 0 Å². The normalized spacial score (nSPS) is 25.9. The molecule has 0 unspecified atom stereocenters. The zero-order chi connectivity index (χ0) is 16.5. The Kier molecular flexibility index (Phi) is 4.47. The zero-order valence-electron chi connectivity index (χ0n) is 13.4. The minimum atomic E-state index is -3.01. The van der Waals surface area contributed by atoms with Crippen molar-refractivity contribution < 1.29 is 17.9 Å². The Labute approximate surface area is 137 Å². The van der Waals surface area contributed by atoms with E-state index in [0.717, 1.165) is 5.56 Å². The maximum Gasteiger partial charge on any atom is 0.233 e. The first-order chi connectivity index (χ1) is 10.9. The molecule has 0 N–H and O–H groups in total. The van der Waals surface area contributed by atoms with Gasteiger partial charge >= 0.3 is 0 Å². The van der Waals surface area contributed by atoms with Crippen LogP contribution in [0.1, 0.15) is 24.8 Å². The fourth-order valence-electron chi connectivity index (χ4n) is 3.69. The molecule has 2 fully saturated rings. The summed E-state index contributed by atoms with van der Waals surface area (Å²) in [5, 5.41) is 0. The molecule has 2 aliphatic rings. The Hall–Kier alpha value is -1.40. The molecule has 1 atom stereocenters. The van der Waals surface area contributed by atoms with Crippen molar-refractivity contribution in [3.05, 3.63) is 35.9 Å². The summed E-state index contributed by atoms with van der Waals surface area (Å²) in [6.07, 6.45) is 1.81. The van der Waals surface area contributed by atoms with Crippen LogP contribution >= 0.6 is 0 Å². The van der Waals surface area contributed by atoms with Crippen LogP contribution in [0.4, 0.5) is 0 Å². The van der Waals surface area contributed by atoms with Gasteiger partial charge in [0, 0.05) is 26.3 Å². The number of nitrogens with zero attached hydrogens (tertiary/aromatic N) is 1. The van der Waals surface area contributed by atoms with E-state index in [2.05, 4.69) is 0 Å². The van der Waals surface area contributed by atoms with E-state index in [0.29, 0.717) is 32.5 Å². The Morgan fingerprint density at radius 2 is 1.87 bits per heavy atom. The topological polar surface area (TPSA) is 63.7 Å². The van der Waals surface area contributed by atoms with E-state index in [1.54, 1.807) is 11.9 Å². The molecule has 0 saturated carbocycles. The summed E-state index contributed by atoms with van der Waals surface area (Å²) in [4.78, 5) is 15.0. The molecular formula is C17H23NO4S. The monoisotopic (exact) mass is 337 g/mol. The fraction of sp³-hybridized carbons (Fsp3) is 0.588. The van der Waals surface area contributed by atoms with Crippen LogP contribution in [-0.4, -0.2) is 57.0 Å². The lowest BCUT2D eigenvalue weighted by atomic mass is 9.73. The third-order valence-electron chi connectivity index (χ3n) is 5.16. The van der Waals surface area contributed by atoms with Crippen LogP contribution in [0, 0.1) is 0 Å². The summed E-state index contributed by atoms with van der Waals surface area (Å²) >= 11 is 0. The minimum Gasteiger partial charge on any atom is -0.381 e. The van der Waals surface area contributed by atoms with E-state index < -0.39 is 15.3 Å². The molecule has 2 heterocycles. The maximum absolute atomic E-state index is 13.3. The smallest absolute Gasteiger partial charge is 0.233 e. The van der Waals surface area contributed by atoms with Gasteiger partial charge < -0.3 is 9.64 Å². The van der Waals surface area contributed by atoms with E-state index in [1.165, 1.54) is 0 Å². The maximum atomic E-state index is 13.3. The second kappa shape index (κ2) is 6.24. The van der Waals surface area contributed by atoms with Gasteiger partial charge in [0.15, 0.2) is 9.84 Å². The second-order valence-corrected chi connectivity index (χ2v) is 8.76. The van der Waals surface area contributed by atoms with Gasteiger partial charge in [0.2, 0.25) is 5.91 Å². The summed E-state index contributed by atoms with van der Waals surface area (Å²) in [5.74, 6) is 0.280. The molecular weight excluding hydrogens is 314 g/mol. The van der Waals surface area contributed by atoms with Crippen LogP contribution < -0.4 is 0 Å². The molecule has 2 aliphatic heterocycles. The zero-order valence-corrected chi connectivity index (χ0v) is 14.2.